The minimum Gasteiger partial charge on any atom is -0.404 e. The highest BCUT2D eigenvalue weighted by Gasteiger charge is 2.32. The number of aryl methyl sites for hydroxylation is 1. The summed E-state index contributed by atoms with van der Waals surface area (Å²) in [6, 6.07) is 13.4. The molecule has 9 heteroatoms. The van der Waals surface area contributed by atoms with Crippen molar-refractivity contribution >= 4 is 22.7 Å². The summed E-state index contributed by atoms with van der Waals surface area (Å²) in [5.74, 6) is -0.350. The Balaban J connectivity index is 1.56. The summed E-state index contributed by atoms with van der Waals surface area (Å²) in [4.78, 5) is 8.46. The number of nitrogens with one attached hydrogen (secondary N) is 1. The highest BCUT2D eigenvalue weighted by Crippen LogP contribution is 2.29. The van der Waals surface area contributed by atoms with Gasteiger partial charge >= 0.3 is 6.36 Å². The van der Waals surface area contributed by atoms with Crippen molar-refractivity contribution in [1.29, 1.82) is 0 Å². The molecule has 0 aliphatic heterocycles. The fourth-order valence-corrected chi connectivity index (χ4v) is 2.59. The van der Waals surface area contributed by atoms with Gasteiger partial charge in [0.15, 0.2) is 11.7 Å². The lowest BCUT2D eigenvalue weighted by atomic mass is 10.3. The number of hydrogen-bond acceptors (Lipinski definition) is 3. The fraction of sp³-hybridized carbons (Fsp3) is 0.222. The number of aromatic nitrogens is 2. The largest absolute Gasteiger partial charge is 0.573 e. The van der Waals surface area contributed by atoms with E-state index in [4.69, 9.17) is 5.73 Å². The van der Waals surface area contributed by atoms with E-state index in [1.807, 2.05) is 28.8 Å². The first-order valence-electron chi connectivity index (χ1n) is 8.24. The molecule has 142 valence electrons. The van der Waals surface area contributed by atoms with Gasteiger partial charge in [0.2, 0.25) is 0 Å². The number of rotatable bonds is 6. The number of alkyl halides is 3. The number of anilines is 1. The minimum atomic E-state index is -4.78. The maximum absolute atomic E-state index is 12.4. The van der Waals surface area contributed by atoms with Gasteiger partial charge in [-0.3, -0.25) is 4.99 Å². The Labute approximate surface area is 153 Å². The molecule has 0 fully saturated rings. The van der Waals surface area contributed by atoms with Crippen LogP contribution in [0, 0.1) is 0 Å². The molecule has 1 aromatic heterocycles. The van der Waals surface area contributed by atoms with Gasteiger partial charge in [-0.15, -0.1) is 13.2 Å². The third-order valence-electron chi connectivity index (χ3n) is 3.74. The molecule has 0 unspecified atom stereocenters. The molecule has 3 N–H and O–H groups in total. The highest BCUT2D eigenvalue weighted by molar-refractivity contribution is 5.93. The SMILES string of the molecule is NC(=NCCCn1cnc2ccccc21)Nc1ccccc1OC(F)(F)F. The van der Waals surface area contributed by atoms with Crippen molar-refractivity contribution in [1.82, 2.24) is 9.55 Å². The molecular weight excluding hydrogens is 359 g/mol. The smallest absolute Gasteiger partial charge is 0.404 e. The second kappa shape index (κ2) is 7.98. The lowest BCUT2D eigenvalue weighted by Crippen LogP contribution is -2.24. The van der Waals surface area contributed by atoms with Gasteiger partial charge in [0.05, 0.1) is 23.0 Å². The highest BCUT2D eigenvalue weighted by atomic mass is 19.4. The molecule has 3 aromatic rings. The van der Waals surface area contributed by atoms with Crippen LogP contribution in [0.25, 0.3) is 11.0 Å². The second-order valence-corrected chi connectivity index (χ2v) is 5.72. The first kappa shape index (κ1) is 18.6. The number of nitrogens with zero attached hydrogens (tertiary/aromatic N) is 3. The summed E-state index contributed by atoms with van der Waals surface area (Å²) >= 11 is 0. The van der Waals surface area contributed by atoms with Crippen LogP contribution in [-0.4, -0.2) is 28.4 Å². The molecule has 0 bridgehead atoms. The van der Waals surface area contributed by atoms with Crippen LogP contribution in [0.2, 0.25) is 0 Å². The number of benzene rings is 2. The van der Waals surface area contributed by atoms with Crippen LogP contribution in [0.4, 0.5) is 18.9 Å². The van der Waals surface area contributed by atoms with Crippen molar-refractivity contribution in [2.45, 2.75) is 19.3 Å². The van der Waals surface area contributed by atoms with Crippen molar-refractivity contribution < 1.29 is 17.9 Å². The summed E-state index contributed by atoms with van der Waals surface area (Å²) in [6.45, 7) is 1.11. The van der Waals surface area contributed by atoms with E-state index in [1.165, 1.54) is 18.2 Å². The number of nitrogens with two attached hydrogens (primary N) is 1. The quantitative estimate of drug-likeness (QED) is 0.390. The zero-order chi connectivity index (χ0) is 19.3. The maximum Gasteiger partial charge on any atom is 0.573 e. The number of aliphatic imine (C=N–C) groups is 1. The molecule has 0 aliphatic rings. The molecule has 27 heavy (non-hydrogen) atoms. The van der Waals surface area contributed by atoms with Crippen molar-refractivity contribution in [2.75, 3.05) is 11.9 Å². The maximum atomic E-state index is 12.4. The predicted molar refractivity (Wildman–Crippen MR) is 97.6 cm³/mol. The average Bonchev–Trinajstić information content (AvgIpc) is 3.02. The van der Waals surface area contributed by atoms with Crippen LogP contribution in [0.1, 0.15) is 6.42 Å². The number of guanidine groups is 1. The first-order valence-corrected chi connectivity index (χ1v) is 8.24. The monoisotopic (exact) mass is 377 g/mol. The molecule has 2 aromatic carbocycles. The molecule has 6 nitrogen and oxygen atoms in total. The zero-order valence-corrected chi connectivity index (χ0v) is 14.3. The number of imidazole rings is 1. The van der Waals surface area contributed by atoms with E-state index in [9.17, 15) is 13.2 Å². The van der Waals surface area contributed by atoms with Crippen LogP contribution in [-0.2, 0) is 6.54 Å². The number of halogens is 3. The predicted octanol–water partition coefficient (Wildman–Crippen LogP) is 3.75. The van der Waals surface area contributed by atoms with E-state index in [0.29, 0.717) is 19.5 Å². The van der Waals surface area contributed by atoms with E-state index in [2.05, 4.69) is 20.0 Å². The van der Waals surface area contributed by atoms with E-state index < -0.39 is 6.36 Å². The molecule has 0 amide bonds. The van der Waals surface area contributed by atoms with Gasteiger partial charge in [-0.2, -0.15) is 0 Å². The Morgan fingerprint density at radius 3 is 2.70 bits per heavy atom. The van der Waals surface area contributed by atoms with Crippen molar-refractivity contribution in [3.63, 3.8) is 0 Å². The van der Waals surface area contributed by atoms with E-state index in [0.717, 1.165) is 11.0 Å². The Morgan fingerprint density at radius 1 is 1.15 bits per heavy atom. The van der Waals surface area contributed by atoms with Crippen molar-refractivity contribution in [2.24, 2.45) is 10.7 Å². The van der Waals surface area contributed by atoms with Crippen molar-refractivity contribution in [3.8, 4) is 5.75 Å². The van der Waals surface area contributed by atoms with Gasteiger partial charge in [-0.25, -0.2) is 4.98 Å². The molecule has 1 heterocycles. The molecule has 0 atom stereocenters. The zero-order valence-electron chi connectivity index (χ0n) is 14.3. The topological polar surface area (TPSA) is 77.5 Å². The van der Waals surface area contributed by atoms with Crippen LogP contribution in [0.15, 0.2) is 59.9 Å². The standard InChI is InChI=1S/C18H18F3N5O/c19-18(20,21)27-16-9-4-2-7-14(16)25-17(22)23-10-5-11-26-12-24-13-6-1-3-8-15(13)26/h1-4,6-9,12H,5,10-11H2,(H3,22,23,25). The van der Waals surface area contributed by atoms with Crippen LogP contribution >= 0.6 is 0 Å². The lowest BCUT2D eigenvalue weighted by Gasteiger charge is -2.14. The Kier molecular flexibility index (Phi) is 5.49. The lowest BCUT2D eigenvalue weighted by molar-refractivity contribution is -0.274. The number of hydrogen-bond donors (Lipinski definition) is 2. The van der Waals surface area contributed by atoms with Crippen molar-refractivity contribution in [3.05, 3.63) is 54.9 Å². The first-order chi connectivity index (χ1) is 12.9. The minimum absolute atomic E-state index is 0.0173. The second-order valence-electron chi connectivity index (χ2n) is 5.72. The summed E-state index contributed by atoms with van der Waals surface area (Å²) < 4.78 is 43.3. The van der Waals surface area contributed by atoms with E-state index in [-0.39, 0.29) is 17.4 Å². The molecule has 3 rings (SSSR count). The molecule has 0 radical (unpaired) electrons. The number of fused-ring (bicyclic) bond motifs is 1. The molecular formula is C18H18F3N5O. The summed E-state index contributed by atoms with van der Waals surface area (Å²) in [7, 11) is 0. The van der Waals surface area contributed by atoms with Crippen LogP contribution in [0.5, 0.6) is 5.75 Å². The van der Waals surface area contributed by atoms with Gasteiger partial charge in [-0.05, 0) is 30.7 Å². The summed E-state index contributed by atoms with van der Waals surface area (Å²) in [6.07, 6.45) is -2.32. The third-order valence-corrected chi connectivity index (χ3v) is 3.74. The number of ether oxygens (including phenoxy) is 1. The molecule has 0 spiro atoms. The third kappa shape index (κ3) is 5.13. The van der Waals surface area contributed by atoms with Crippen LogP contribution in [0.3, 0.4) is 0 Å². The Morgan fingerprint density at radius 2 is 1.89 bits per heavy atom. The normalized spacial score (nSPS) is 12.3. The Bertz CT molecular complexity index is 936. The summed E-state index contributed by atoms with van der Waals surface area (Å²) in [5.41, 5.74) is 7.82. The summed E-state index contributed by atoms with van der Waals surface area (Å²) in [5, 5.41) is 2.64. The van der Waals surface area contributed by atoms with Gasteiger partial charge in [0, 0.05) is 13.1 Å². The Hall–Kier alpha value is -3.23. The van der Waals surface area contributed by atoms with Crippen LogP contribution < -0.4 is 15.8 Å². The van der Waals surface area contributed by atoms with Gasteiger partial charge in [0.25, 0.3) is 0 Å². The van der Waals surface area contributed by atoms with E-state index >= 15 is 0 Å². The molecule has 0 saturated heterocycles. The van der Waals surface area contributed by atoms with Gasteiger partial charge in [-0.1, -0.05) is 24.3 Å². The molecule has 0 aliphatic carbocycles. The van der Waals surface area contributed by atoms with Gasteiger partial charge < -0.3 is 20.4 Å². The molecule has 0 saturated carbocycles. The fourth-order valence-electron chi connectivity index (χ4n) is 2.59. The average molecular weight is 377 g/mol. The number of para-hydroxylation sites is 4. The van der Waals surface area contributed by atoms with Gasteiger partial charge in [0.1, 0.15) is 0 Å². The van der Waals surface area contributed by atoms with E-state index in [1.54, 1.807) is 12.4 Å².